The Morgan fingerprint density at radius 2 is 2.36 bits per heavy atom. The van der Waals surface area contributed by atoms with Crippen LogP contribution in [0, 0.1) is 0 Å². The molecule has 0 aliphatic heterocycles. The van der Waals surface area contributed by atoms with E-state index in [9.17, 15) is 0 Å². The molecule has 0 aliphatic carbocycles. The minimum absolute atomic E-state index is 0.784. The molecule has 0 aliphatic rings. The molecule has 0 radical (unpaired) electrons. The summed E-state index contributed by atoms with van der Waals surface area (Å²) >= 11 is 1.62. The molecule has 0 saturated heterocycles. The van der Waals surface area contributed by atoms with Gasteiger partial charge in [0.25, 0.3) is 0 Å². The lowest BCUT2D eigenvalue weighted by Gasteiger charge is -2.06. The van der Waals surface area contributed by atoms with Gasteiger partial charge in [0, 0.05) is 12.3 Å². The number of nitrogens with one attached hydrogen (secondary N) is 1. The lowest BCUT2D eigenvalue weighted by Crippen LogP contribution is -2.14. The Morgan fingerprint density at radius 3 is 2.91 bits per heavy atom. The zero-order valence-corrected chi connectivity index (χ0v) is 7.43. The summed E-state index contributed by atoms with van der Waals surface area (Å²) in [5, 5.41) is 14.1. The first-order chi connectivity index (χ1) is 5.29. The van der Waals surface area contributed by atoms with Gasteiger partial charge in [0.15, 0.2) is 0 Å². The number of aromatic nitrogens is 4. The van der Waals surface area contributed by atoms with Crippen molar-refractivity contribution in [1.29, 1.82) is 0 Å². The van der Waals surface area contributed by atoms with Crippen molar-refractivity contribution in [1.82, 2.24) is 25.5 Å². The topological polar surface area (TPSA) is 57.7 Å². The largest absolute Gasteiger partial charge is 0.309 e. The number of rotatable bonds is 4. The third-order valence-electron chi connectivity index (χ3n) is 1.10. The quantitative estimate of drug-likeness (QED) is 0.642. The molecule has 1 rings (SSSR count). The van der Waals surface area contributed by atoms with Gasteiger partial charge < -0.3 is 4.90 Å². The second kappa shape index (κ2) is 4.30. The minimum atomic E-state index is 0.784. The van der Waals surface area contributed by atoms with E-state index in [-0.39, 0.29) is 0 Å². The fourth-order valence-electron chi connectivity index (χ4n) is 0.537. The van der Waals surface area contributed by atoms with E-state index in [4.69, 9.17) is 0 Å². The monoisotopic (exact) mass is 173 g/mol. The van der Waals surface area contributed by atoms with Crippen molar-refractivity contribution >= 4 is 11.8 Å². The Bertz CT molecular complexity index is 185. The van der Waals surface area contributed by atoms with Crippen molar-refractivity contribution in [3.8, 4) is 0 Å². The zero-order chi connectivity index (χ0) is 8.10. The van der Waals surface area contributed by atoms with Gasteiger partial charge >= 0.3 is 0 Å². The average Bonchev–Trinajstić information content (AvgIpc) is 2.39. The standard InChI is InChI=1S/C5H11N5S/c1-10(2)3-4-11-5-6-8-9-7-5/h3-4H2,1-2H3,(H,6,7,8,9). The van der Waals surface area contributed by atoms with Crippen molar-refractivity contribution in [2.45, 2.75) is 5.16 Å². The minimum Gasteiger partial charge on any atom is -0.309 e. The van der Waals surface area contributed by atoms with Gasteiger partial charge in [-0.1, -0.05) is 11.8 Å². The molecule has 0 aromatic carbocycles. The highest BCUT2D eigenvalue weighted by Crippen LogP contribution is 2.08. The summed E-state index contributed by atoms with van der Waals surface area (Å²) in [4.78, 5) is 2.12. The van der Waals surface area contributed by atoms with E-state index in [1.54, 1.807) is 11.8 Å². The first-order valence-electron chi connectivity index (χ1n) is 3.30. The van der Waals surface area contributed by atoms with Gasteiger partial charge in [0.2, 0.25) is 5.16 Å². The molecular formula is C5H11N5S. The molecule has 1 aromatic heterocycles. The third-order valence-corrected chi connectivity index (χ3v) is 1.94. The van der Waals surface area contributed by atoms with E-state index in [1.165, 1.54) is 0 Å². The molecule has 0 spiro atoms. The van der Waals surface area contributed by atoms with Crippen LogP contribution >= 0.6 is 11.8 Å². The van der Waals surface area contributed by atoms with Crippen LogP contribution in [0.3, 0.4) is 0 Å². The van der Waals surface area contributed by atoms with E-state index in [1.807, 2.05) is 14.1 Å². The normalized spacial score (nSPS) is 10.8. The maximum absolute atomic E-state index is 3.74. The summed E-state index contributed by atoms with van der Waals surface area (Å²) in [6.45, 7) is 1.03. The summed E-state index contributed by atoms with van der Waals surface area (Å²) in [7, 11) is 4.08. The van der Waals surface area contributed by atoms with Crippen LogP contribution in [-0.2, 0) is 0 Å². The van der Waals surface area contributed by atoms with Crippen LogP contribution in [-0.4, -0.2) is 51.9 Å². The maximum Gasteiger partial charge on any atom is 0.206 e. The first kappa shape index (κ1) is 8.48. The Balaban J connectivity index is 2.14. The number of hydrogen-bond donors (Lipinski definition) is 1. The van der Waals surface area contributed by atoms with Gasteiger partial charge in [0.1, 0.15) is 0 Å². The van der Waals surface area contributed by atoms with Gasteiger partial charge in [-0.05, 0) is 24.5 Å². The van der Waals surface area contributed by atoms with Crippen LogP contribution in [0.4, 0.5) is 0 Å². The van der Waals surface area contributed by atoms with E-state index in [2.05, 4.69) is 25.5 Å². The van der Waals surface area contributed by atoms with Crippen LogP contribution in [0.2, 0.25) is 0 Å². The van der Waals surface area contributed by atoms with Crippen LogP contribution < -0.4 is 0 Å². The molecule has 0 saturated carbocycles. The number of thioether (sulfide) groups is 1. The van der Waals surface area contributed by atoms with E-state index < -0.39 is 0 Å². The molecule has 0 atom stereocenters. The Hall–Kier alpha value is -0.620. The van der Waals surface area contributed by atoms with E-state index >= 15 is 0 Å². The molecule has 0 amide bonds. The molecule has 6 heteroatoms. The Morgan fingerprint density at radius 1 is 1.55 bits per heavy atom. The molecule has 0 bridgehead atoms. The second-order valence-corrected chi connectivity index (χ2v) is 3.44. The SMILES string of the molecule is CN(C)CCSc1nnn[nH]1. The maximum atomic E-state index is 3.74. The molecule has 0 unspecified atom stereocenters. The number of hydrogen-bond acceptors (Lipinski definition) is 5. The van der Waals surface area contributed by atoms with Crippen LogP contribution in [0.15, 0.2) is 5.16 Å². The number of nitrogens with zero attached hydrogens (tertiary/aromatic N) is 4. The van der Waals surface area contributed by atoms with Gasteiger partial charge in [-0.2, -0.15) is 0 Å². The fraction of sp³-hybridized carbons (Fsp3) is 0.800. The van der Waals surface area contributed by atoms with Crippen molar-refractivity contribution in [3.05, 3.63) is 0 Å². The highest BCUT2D eigenvalue weighted by atomic mass is 32.2. The van der Waals surface area contributed by atoms with Gasteiger partial charge in [-0.25, -0.2) is 5.10 Å². The van der Waals surface area contributed by atoms with Gasteiger partial charge in [0.05, 0.1) is 0 Å². The smallest absolute Gasteiger partial charge is 0.206 e. The van der Waals surface area contributed by atoms with Crippen LogP contribution in [0.25, 0.3) is 0 Å². The summed E-state index contributed by atoms with van der Waals surface area (Å²) in [6.07, 6.45) is 0. The molecule has 62 valence electrons. The summed E-state index contributed by atoms with van der Waals surface area (Å²) in [5.41, 5.74) is 0. The predicted octanol–water partition coefficient (Wildman–Crippen LogP) is -0.147. The number of tetrazole rings is 1. The second-order valence-electron chi connectivity index (χ2n) is 2.36. The Labute approximate surface area is 69.5 Å². The Kier molecular flexibility index (Phi) is 3.31. The summed E-state index contributed by atoms with van der Waals surface area (Å²) in [5.74, 6) is 1.00. The van der Waals surface area contributed by atoms with Crippen molar-refractivity contribution in [3.63, 3.8) is 0 Å². The van der Waals surface area contributed by atoms with Crippen LogP contribution in [0.1, 0.15) is 0 Å². The third kappa shape index (κ3) is 3.33. The molecule has 1 heterocycles. The van der Waals surface area contributed by atoms with Crippen molar-refractivity contribution in [2.24, 2.45) is 0 Å². The molecule has 5 nitrogen and oxygen atoms in total. The molecule has 1 aromatic rings. The lowest BCUT2D eigenvalue weighted by atomic mass is 10.7. The van der Waals surface area contributed by atoms with Crippen molar-refractivity contribution in [2.75, 3.05) is 26.4 Å². The molecular weight excluding hydrogens is 162 g/mol. The summed E-state index contributed by atoms with van der Waals surface area (Å²) in [6, 6.07) is 0. The van der Waals surface area contributed by atoms with E-state index in [0.29, 0.717) is 0 Å². The fourth-order valence-corrected chi connectivity index (χ4v) is 1.39. The van der Waals surface area contributed by atoms with Gasteiger partial charge in [-0.15, -0.1) is 5.10 Å². The lowest BCUT2D eigenvalue weighted by molar-refractivity contribution is 0.437. The average molecular weight is 173 g/mol. The van der Waals surface area contributed by atoms with Crippen molar-refractivity contribution < 1.29 is 0 Å². The van der Waals surface area contributed by atoms with E-state index in [0.717, 1.165) is 17.5 Å². The highest BCUT2D eigenvalue weighted by Gasteiger charge is 1.97. The number of aromatic amines is 1. The zero-order valence-electron chi connectivity index (χ0n) is 6.61. The van der Waals surface area contributed by atoms with Crippen LogP contribution in [0.5, 0.6) is 0 Å². The molecule has 1 N–H and O–H groups in total. The predicted molar refractivity (Wildman–Crippen MR) is 43.5 cm³/mol. The highest BCUT2D eigenvalue weighted by molar-refractivity contribution is 7.99. The van der Waals surface area contributed by atoms with Gasteiger partial charge in [-0.3, -0.25) is 0 Å². The first-order valence-corrected chi connectivity index (χ1v) is 4.29. The molecule has 0 fully saturated rings. The number of H-pyrrole nitrogens is 1. The molecule has 11 heavy (non-hydrogen) atoms. The summed E-state index contributed by atoms with van der Waals surface area (Å²) < 4.78 is 0.